The van der Waals surface area contributed by atoms with Crippen molar-refractivity contribution < 1.29 is 14.9 Å². The molecule has 0 heterocycles. The molecule has 0 aliphatic heterocycles. The minimum absolute atomic E-state index is 0.125. The van der Waals surface area contributed by atoms with Crippen LogP contribution >= 0.6 is 0 Å². The molecule has 0 rings (SSSR count). The summed E-state index contributed by atoms with van der Waals surface area (Å²) in [6.07, 6.45) is 0.750. The number of aliphatic hydroxyl groups excluding tert-OH is 2. The molecule has 2 N–H and O–H groups in total. The second-order valence-electron chi connectivity index (χ2n) is 2.68. The van der Waals surface area contributed by atoms with E-state index in [1.165, 1.54) is 0 Å². The van der Waals surface area contributed by atoms with Crippen molar-refractivity contribution in [2.75, 3.05) is 13.2 Å². The summed E-state index contributed by atoms with van der Waals surface area (Å²) in [7, 11) is 0. The Morgan fingerprint density at radius 1 is 0.387 bits per heavy atom. The molecule has 0 aromatic carbocycles. The molecule has 0 aromatic rings. The Labute approximate surface area is 199 Å². The minimum atomic E-state index is -0.125. The highest BCUT2D eigenvalue weighted by Gasteiger charge is 1.94. The Hall–Kier alpha value is -2.72. The molecular weight excluding hydrogens is 384 g/mol. The average molecular weight is 445 g/mol. The molecule has 0 saturated heterocycles. The van der Waals surface area contributed by atoms with Crippen LogP contribution in [-0.2, 0) is 4.74 Å². The van der Waals surface area contributed by atoms with E-state index in [9.17, 15) is 0 Å². The number of aliphatic hydroxyl groups is 2. The molecular formula is C28H60O3. The van der Waals surface area contributed by atoms with E-state index in [-0.39, 0.29) is 13.2 Å². The molecule has 0 radical (unpaired) electrons. The summed E-state index contributed by atoms with van der Waals surface area (Å²) in [5.74, 6) is 0. The summed E-state index contributed by atoms with van der Waals surface area (Å²) in [6, 6.07) is 0. The van der Waals surface area contributed by atoms with Gasteiger partial charge in [-0.15, -0.1) is 132 Å². The number of hydrogen-bond acceptors (Lipinski definition) is 3. The molecule has 0 atom stereocenters. The van der Waals surface area contributed by atoms with Gasteiger partial charge >= 0.3 is 0 Å². The first kappa shape index (κ1) is 79.4. The van der Waals surface area contributed by atoms with E-state index < -0.39 is 0 Å². The van der Waals surface area contributed by atoms with Gasteiger partial charge in [-0.1, -0.05) is 0 Å². The summed E-state index contributed by atoms with van der Waals surface area (Å²) in [5.41, 5.74) is 0. The molecule has 0 aliphatic carbocycles. The van der Waals surface area contributed by atoms with Crippen molar-refractivity contribution in [1.82, 2.24) is 0 Å². The lowest BCUT2D eigenvalue weighted by molar-refractivity contribution is 0.0300. The molecule has 3 heteroatoms. The lowest BCUT2D eigenvalue weighted by Crippen LogP contribution is -2.09. The van der Waals surface area contributed by atoms with Crippen molar-refractivity contribution in [3.63, 3.8) is 0 Å². The van der Waals surface area contributed by atoms with Crippen molar-refractivity contribution in [1.29, 1.82) is 0 Å². The first-order valence-electron chi connectivity index (χ1n) is 8.91. The van der Waals surface area contributed by atoms with E-state index in [4.69, 9.17) is 14.9 Å². The van der Waals surface area contributed by atoms with Crippen LogP contribution < -0.4 is 0 Å². The fourth-order valence-electron chi connectivity index (χ4n) is 0.544. The van der Waals surface area contributed by atoms with Crippen LogP contribution in [0.4, 0.5) is 0 Å². The number of hydrogen-bond donors (Lipinski definition) is 2. The van der Waals surface area contributed by atoms with Gasteiger partial charge < -0.3 is 14.9 Å². The fourth-order valence-corrected chi connectivity index (χ4v) is 0.544. The van der Waals surface area contributed by atoms with Crippen LogP contribution in [-0.4, -0.2) is 35.6 Å². The van der Waals surface area contributed by atoms with E-state index in [1.54, 1.807) is 0 Å². The lowest BCUT2D eigenvalue weighted by atomic mass is 10.4. The van der Waals surface area contributed by atoms with Crippen molar-refractivity contribution in [2.45, 2.75) is 39.9 Å². The summed E-state index contributed by atoms with van der Waals surface area (Å²) in [5, 5.41) is 15.2. The second-order valence-corrected chi connectivity index (χ2v) is 2.68. The topological polar surface area (TPSA) is 49.7 Å². The van der Waals surface area contributed by atoms with Crippen molar-refractivity contribution in [2.24, 2.45) is 0 Å². The third kappa shape index (κ3) is 3350. The van der Waals surface area contributed by atoms with Crippen LogP contribution in [0, 0.1) is 0 Å². The molecule has 0 spiro atoms. The van der Waals surface area contributed by atoms with Gasteiger partial charge in [-0.25, -0.2) is 0 Å². The first-order valence-corrected chi connectivity index (χ1v) is 8.91. The Morgan fingerprint density at radius 2 is 0.484 bits per heavy atom. The van der Waals surface area contributed by atoms with Gasteiger partial charge in [0.2, 0.25) is 0 Å². The smallest absolute Gasteiger partial charge is 0.0662 e. The molecule has 0 aliphatic rings. The van der Waals surface area contributed by atoms with Crippen LogP contribution in [0.2, 0.25) is 0 Å². The normalized spacial score (nSPS) is 4.77. The van der Waals surface area contributed by atoms with Crippen molar-refractivity contribution >= 4 is 0 Å². The van der Waals surface area contributed by atoms with Gasteiger partial charge in [0, 0.05) is 0 Å². The standard InChI is InChI=1S/C6H14O.C2H6O2.10C2H4/c1-5(2)7-6(3)4;3-1-2-4;10*1-2/h5-6H,1-4H3;3-4H,1-2H2;10*1-2H2. The van der Waals surface area contributed by atoms with Gasteiger partial charge in [0.25, 0.3) is 0 Å². The Bertz CT molecular complexity index is 130. The number of rotatable bonds is 3. The van der Waals surface area contributed by atoms with E-state index in [2.05, 4.69) is 132 Å². The van der Waals surface area contributed by atoms with Crippen molar-refractivity contribution in [3.8, 4) is 0 Å². The molecule has 3 nitrogen and oxygen atoms in total. The Balaban J connectivity index is -0.0000000134. The first-order chi connectivity index (χ1) is 15.0. The molecule has 0 fully saturated rings. The van der Waals surface area contributed by atoms with Crippen LogP contribution in [0.3, 0.4) is 0 Å². The zero-order chi connectivity index (χ0) is 29.3. The maximum atomic E-state index is 7.62. The van der Waals surface area contributed by atoms with E-state index in [0.29, 0.717) is 12.2 Å². The molecule has 0 aromatic heterocycles. The van der Waals surface area contributed by atoms with Crippen LogP contribution in [0.15, 0.2) is 132 Å². The van der Waals surface area contributed by atoms with Crippen LogP contribution in [0.5, 0.6) is 0 Å². The van der Waals surface area contributed by atoms with Gasteiger partial charge in [-0.2, -0.15) is 0 Å². The van der Waals surface area contributed by atoms with Gasteiger partial charge in [-0.05, 0) is 27.7 Å². The van der Waals surface area contributed by atoms with E-state index in [1.807, 2.05) is 27.7 Å². The highest BCUT2D eigenvalue weighted by molar-refractivity contribution is 4.40. The Kier molecular flexibility index (Phi) is 1220. The molecule has 190 valence electrons. The predicted octanol–water partition coefficient (Wildman–Crippen LogP) is 8.81. The second kappa shape index (κ2) is 478. The molecule has 0 unspecified atom stereocenters. The SMILES string of the molecule is C=C.C=C.C=C.C=C.C=C.C=C.C=C.C=C.C=C.C=C.CC(C)OC(C)C.OCCO. The van der Waals surface area contributed by atoms with Gasteiger partial charge in [-0.3, -0.25) is 0 Å². The summed E-state index contributed by atoms with van der Waals surface area (Å²) in [4.78, 5) is 0. The van der Waals surface area contributed by atoms with Crippen LogP contribution in [0.25, 0.3) is 0 Å². The van der Waals surface area contributed by atoms with Crippen molar-refractivity contribution in [3.05, 3.63) is 132 Å². The Morgan fingerprint density at radius 3 is 0.484 bits per heavy atom. The van der Waals surface area contributed by atoms with Gasteiger partial charge in [0.15, 0.2) is 0 Å². The van der Waals surface area contributed by atoms with E-state index in [0.717, 1.165) is 0 Å². The zero-order valence-corrected chi connectivity index (χ0v) is 22.0. The molecule has 0 bridgehead atoms. The maximum absolute atomic E-state index is 7.62. The monoisotopic (exact) mass is 444 g/mol. The molecule has 31 heavy (non-hydrogen) atoms. The largest absolute Gasteiger partial charge is 0.394 e. The maximum Gasteiger partial charge on any atom is 0.0662 e. The summed E-state index contributed by atoms with van der Waals surface area (Å²) >= 11 is 0. The average Bonchev–Trinajstić information content (AvgIpc) is 2.90. The quantitative estimate of drug-likeness (QED) is 0.427. The molecule has 0 saturated carbocycles. The highest BCUT2D eigenvalue weighted by Crippen LogP contribution is 1.93. The summed E-state index contributed by atoms with van der Waals surface area (Å²) < 4.78 is 5.25. The number of ether oxygens (including phenoxy) is 1. The zero-order valence-electron chi connectivity index (χ0n) is 22.0. The van der Waals surface area contributed by atoms with Gasteiger partial charge in [0.1, 0.15) is 0 Å². The lowest BCUT2D eigenvalue weighted by Gasteiger charge is -2.09. The predicted molar refractivity (Wildman–Crippen MR) is 158 cm³/mol. The van der Waals surface area contributed by atoms with Crippen LogP contribution in [0.1, 0.15) is 27.7 Å². The molecule has 0 amide bonds. The summed E-state index contributed by atoms with van der Waals surface area (Å²) in [6.45, 7) is 67.9. The minimum Gasteiger partial charge on any atom is -0.394 e. The van der Waals surface area contributed by atoms with Gasteiger partial charge in [0.05, 0.1) is 25.4 Å². The fraction of sp³-hybridized carbons (Fsp3) is 0.286. The third-order valence-electron chi connectivity index (χ3n) is 0.644. The third-order valence-corrected chi connectivity index (χ3v) is 0.644. The van der Waals surface area contributed by atoms with E-state index >= 15 is 0 Å². The highest BCUT2D eigenvalue weighted by atomic mass is 16.5.